The number of ether oxygens (including phenoxy) is 1. The van der Waals surface area contributed by atoms with E-state index in [1.165, 1.54) is 6.08 Å². The first-order chi connectivity index (χ1) is 9.03. The lowest BCUT2D eigenvalue weighted by atomic mass is 10.2. The number of sulfonamides is 1. The van der Waals surface area contributed by atoms with E-state index in [9.17, 15) is 13.2 Å². The summed E-state index contributed by atoms with van der Waals surface area (Å²) in [5.74, 6) is 0.473. The lowest BCUT2D eigenvalue weighted by Crippen LogP contribution is -2.37. The summed E-state index contributed by atoms with van der Waals surface area (Å²) >= 11 is 0. The molecule has 19 heavy (non-hydrogen) atoms. The second-order valence-corrected chi connectivity index (χ2v) is 6.64. The number of carbonyl (C=O) groups excluding carboxylic acids is 1. The summed E-state index contributed by atoms with van der Waals surface area (Å²) in [6.07, 6.45) is 6.94. The molecule has 0 spiro atoms. The molecule has 0 atom stereocenters. The summed E-state index contributed by atoms with van der Waals surface area (Å²) in [5.41, 5.74) is 0.430. The van der Waals surface area contributed by atoms with Gasteiger partial charge in [-0.3, -0.25) is 0 Å². The zero-order valence-corrected chi connectivity index (χ0v) is 11.1. The van der Waals surface area contributed by atoms with Crippen LogP contribution >= 0.6 is 0 Å². The van der Waals surface area contributed by atoms with Crippen molar-refractivity contribution < 1.29 is 17.9 Å². The first-order valence-electron chi connectivity index (χ1n) is 6.20. The smallest absolute Gasteiger partial charge is 0.339 e. The SMILES string of the molecule is O=C(OCC1CC1)C1=CN2CCS(=O)(=O)N=C2C=C1. The van der Waals surface area contributed by atoms with Gasteiger partial charge in [-0.2, -0.15) is 0 Å². The average Bonchev–Trinajstić information content (AvgIpc) is 3.18. The van der Waals surface area contributed by atoms with Gasteiger partial charge in [0, 0.05) is 12.7 Å². The number of hydrogen-bond acceptors (Lipinski definition) is 5. The average molecular weight is 282 g/mol. The molecule has 1 saturated carbocycles. The van der Waals surface area contributed by atoms with Crippen LogP contribution in [0.2, 0.25) is 0 Å². The Morgan fingerprint density at radius 3 is 2.95 bits per heavy atom. The largest absolute Gasteiger partial charge is 0.462 e. The van der Waals surface area contributed by atoms with Crippen molar-refractivity contribution in [1.29, 1.82) is 0 Å². The minimum absolute atomic E-state index is 0.0365. The maximum Gasteiger partial charge on any atom is 0.339 e. The Balaban J connectivity index is 1.71. The van der Waals surface area contributed by atoms with Crippen LogP contribution in [0.15, 0.2) is 28.3 Å². The highest BCUT2D eigenvalue weighted by Gasteiger charge is 2.27. The summed E-state index contributed by atoms with van der Waals surface area (Å²) in [4.78, 5) is 13.5. The molecule has 0 N–H and O–H groups in total. The van der Waals surface area contributed by atoms with Crippen LogP contribution in [0.3, 0.4) is 0 Å². The molecule has 0 saturated heterocycles. The van der Waals surface area contributed by atoms with Gasteiger partial charge in [0.1, 0.15) is 5.84 Å². The number of rotatable bonds is 3. The Labute approximate surface area is 111 Å². The highest BCUT2D eigenvalue weighted by Crippen LogP contribution is 2.29. The van der Waals surface area contributed by atoms with Crippen molar-refractivity contribution in [2.24, 2.45) is 10.3 Å². The van der Waals surface area contributed by atoms with Gasteiger partial charge in [-0.1, -0.05) is 0 Å². The van der Waals surface area contributed by atoms with E-state index in [0.717, 1.165) is 12.8 Å². The van der Waals surface area contributed by atoms with Gasteiger partial charge < -0.3 is 9.64 Å². The van der Waals surface area contributed by atoms with E-state index in [0.29, 0.717) is 30.5 Å². The van der Waals surface area contributed by atoms with Crippen LogP contribution in [0.1, 0.15) is 12.8 Å². The summed E-state index contributed by atoms with van der Waals surface area (Å²) in [5, 5.41) is 0. The van der Waals surface area contributed by atoms with Gasteiger partial charge in [-0.15, -0.1) is 4.40 Å². The Hall–Kier alpha value is -1.63. The molecule has 2 heterocycles. The van der Waals surface area contributed by atoms with Crippen LogP contribution in [0.5, 0.6) is 0 Å². The fraction of sp³-hybridized carbons (Fsp3) is 0.500. The normalized spacial score (nSPS) is 24.3. The molecule has 6 nitrogen and oxygen atoms in total. The zero-order chi connectivity index (χ0) is 13.5. The van der Waals surface area contributed by atoms with Crippen LogP contribution in [0.4, 0.5) is 0 Å². The Bertz CT molecular complexity index is 599. The topological polar surface area (TPSA) is 76.0 Å². The van der Waals surface area contributed by atoms with Crippen molar-refractivity contribution in [3.05, 3.63) is 23.9 Å². The van der Waals surface area contributed by atoms with Crippen LogP contribution < -0.4 is 0 Å². The molecule has 0 aromatic carbocycles. The predicted octanol–water partition coefficient (Wildman–Crippen LogP) is 0.437. The summed E-state index contributed by atoms with van der Waals surface area (Å²) in [6.45, 7) is 0.782. The molecular weight excluding hydrogens is 268 g/mol. The van der Waals surface area contributed by atoms with Gasteiger partial charge in [0.25, 0.3) is 10.0 Å². The molecule has 0 amide bonds. The van der Waals surface area contributed by atoms with Crippen molar-refractivity contribution in [2.75, 3.05) is 18.9 Å². The molecule has 0 aromatic heterocycles. The van der Waals surface area contributed by atoms with E-state index in [1.54, 1.807) is 17.2 Å². The third kappa shape index (κ3) is 2.86. The Kier molecular flexibility index (Phi) is 2.93. The third-order valence-electron chi connectivity index (χ3n) is 3.21. The lowest BCUT2D eigenvalue weighted by Gasteiger charge is -2.26. The van der Waals surface area contributed by atoms with Crippen molar-refractivity contribution in [2.45, 2.75) is 12.8 Å². The van der Waals surface area contributed by atoms with Crippen molar-refractivity contribution in [1.82, 2.24) is 4.90 Å². The van der Waals surface area contributed by atoms with Gasteiger partial charge in [0.15, 0.2) is 0 Å². The van der Waals surface area contributed by atoms with E-state index < -0.39 is 10.0 Å². The number of nitrogens with zero attached hydrogens (tertiary/aromatic N) is 2. The maximum atomic E-state index is 11.8. The Morgan fingerprint density at radius 1 is 1.42 bits per heavy atom. The summed E-state index contributed by atoms with van der Waals surface area (Å²) in [6, 6.07) is 0. The van der Waals surface area contributed by atoms with E-state index in [-0.39, 0.29) is 11.7 Å². The Morgan fingerprint density at radius 2 is 2.21 bits per heavy atom. The molecule has 2 aliphatic heterocycles. The van der Waals surface area contributed by atoms with E-state index >= 15 is 0 Å². The van der Waals surface area contributed by atoms with Crippen LogP contribution in [0.25, 0.3) is 0 Å². The van der Waals surface area contributed by atoms with Gasteiger partial charge in [-0.05, 0) is 30.9 Å². The van der Waals surface area contributed by atoms with Gasteiger partial charge >= 0.3 is 5.97 Å². The van der Waals surface area contributed by atoms with Crippen LogP contribution in [0, 0.1) is 5.92 Å². The molecule has 0 bridgehead atoms. The fourth-order valence-electron chi connectivity index (χ4n) is 1.88. The minimum Gasteiger partial charge on any atom is -0.462 e. The number of amidine groups is 1. The molecule has 1 fully saturated rings. The number of carbonyl (C=O) groups is 1. The fourth-order valence-corrected chi connectivity index (χ4v) is 2.85. The summed E-state index contributed by atoms with van der Waals surface area (Å²) in [7, 11) is -3.35. The first kappa shape index (κ1) is 12.4. The van der Waals surface area contributed by atoms with E-state index in [4.69, 9.17) is 4.74 Å². The highest BCUT2D eigenvalue weighted by molar-refractivity contribution is 7.90. The maximum absolute atomic E-state index is 11.8. The first-order valence-corrected chi connectivity index (χ1v) is 7.81. The third-order valence-corrected chi connectivity index (χ3v) is 4.37. The standard InChI is InChI=1S/C12H14N2O4S/c15-12(18-8-9-1-2-9)10-3-4-11-13-19(16,17)6-5-14(11)7-10/h3-4,7,9H,1-2,5-6,8H2. The zero-order valence-electron chi connectivity index (χ0n) is 10.3. The lowest BCUT2D eigenvalue weighted by molar-refractivity contribution is -0.139. The molecule has 0 aromatic rings. The molecular formula is C12H14N2O4S. The highest BCUT2D eigenvalue weighted by atomic mass is 32.2. The number of esters is 1. The monoisotopic (exact) mass is 282 g/mol. The number of hydrogen-bond donors (Lipinski definition) is 0. The van der Waals surface area contributed by atoms with E-state index in [2.05, 4.69) is 4.40 Å². The molecule has 7 heteroatoms. The molecule has 0 radical (unpaired) electrons. The van der Waals surface area contributed by atoms with Gasteiger partial charge in [0.05, 0.1) is 17.9 Å². The molecule has 0 unspecified atom stereocenters. The second-order valence-electron chi connectivity index (χ2n) is 4.89. The molecule has 102 valence electrons. The number of fused-ring (bicyclic) bond motifs is 1. The second kappa shape index (κ2) is 4.48. The van der Waals surface area contributed by atoms with E-state index in [1.807, 2.05) is 0 Å². The van der Waals surface area contributed by atoms with Crippen LogP contribution in [-0.4, -0.2) is 44.0 Å². The van der Waals surface area contributed by atoms with Crippen LogP contribution in [-0.2, 0) is 19.6 Å². The van der Waals surface area contributed by atoms with Crippen molar-refractivity contribution in [3.8, 4) is 0 Å². The molecule has 3 rings (SSSR count). The summed E-state index contributed by atoms with van der Waals surface area (Å²) < 4.78 is 31.5. The molecule has 1 aliphatic carbocycles. The quantitative estimate of drug-likeness (QED) is 0.702. The van der Waals surface area contributed by atoms with Gasteiger partial charge in [0.2, 0.25) is 0 Å². The van der Waals surface area contributed by atoms with Crippen molar-refractivity contribution >= 4 is 21.8 Å². The predicted molar refractivity (Wildman–Crippen MR) is 68.8 cm³/mol. The minimum atomic E-state index is -3.35. The molecule has 3 aliphatic rings. The van der Waals surface area contributed by atoms with Crippen molar-refractivity contribution in [3.63, 3.8) is 0 Å². The van der Waals surface area contributed by atoms with Gasteiger partial charge in [-0.25, -0.2) is 13.2 Å².